The van der Waals surface area contributed by atoms with Crippen LogP contribution in [0.1, 0.15) is 34.1 Å². The molecule has 0 heterocycles. The van der Waals surface area contributed by atoms with Crippen LogP contribution in [0.3, 0.4) is 0 Å². The zero-order valence-corrected chi connectivity index (χ0v) is 9.27. The molecule has 0 aliphatic rings. The molecular weight excluding hydrogens is 150 g/mol. The van der Waals surface area contributed by atoms with E-state index < -0.39 is 0 Å². The van der Waals surface area contributed by atoms with Gasteiger partial charge in [-0.2, -0.15) is 0 Å². The van der Waals surface area contributed by atoms with Gasteiger partial charge in [0, 0.05) is 13.2 Å². The van der Waals surface area contributed by atoms with Gasteiger partial charge in [0.15, 0.2) is 0 Å². The molecule has 74 valence electrons. The third kappa shape index (κ3) is 3.55. The highest BCUT2D eigenvalue weighted by atomic mass is 16.5. The van der Waals surface area contributed by atoms with Gasteiger partial charge in [0.2, 0.25) is 0 Å². The number of likely N-dealkylation sites (N-methyl/N-ethyl adjacent to an activating group) is 1. The molecule has 1 unspecified atom stereocenters. The summed E-state index contributed by atoms with van der Waals surface area (Å²) in [5.41, 5.74) is -0.0704. The number of rotatable bonds is 5. The minimum Gasteiger partial charge on any atom is -0.377 e. The fraction of sp³-hybridized carbons (Fsp3) is 1.00. The van der Waals surface area contributed by atoms with Gasteiger partial charge in [-0.15, -0.1) is 0 Å². The summed E-state index contributed by atoms with van der Waals surface area (Å²) < 4.78 is 5.43. The predicted molar refractivity (Wildman–Crippen MR) is 53.4 cm³/mol. The Hall–Kier alpha value is -0.0800. The molecule has 1 N–H and O–H groups in total. The number of ether oxygens (including phenoxy) is 1. The molecule has 0 aliphatic heterocycles. The fourth-order valence-corrected chi connectivity index (χ4v) is 1.36. The van der Waals surface area contributed by atoms with E-state index in [1.807, 2.05) is 7.05 Å². The Bertz CT molecular complexity index is 121. The molecule has 0 aromatic rings. The summed E-state index contributed by atoms with van der Waals surface area (Å²) >= 11 is 0. The lowest BCUT2D eigenvalue weighted by molar-refractivity contribution is -0.0136. The van der Waals surface area contributed by atoms with E-state index in [0.29, 0.717) is 12.0 Å². The second kappa shape index (κ2) is 4.83. The van der Waals surface area contributed by atoms with E-state index in [1.54, 1.807) is 7.11 Å². The Labute approximate surface area is 76.7 Å². The zero-order valence-electron chi connectivity index (χ0n) is 9.27. The average molecular weight is 173 g/mol. The second-order valence-electron chi connectivity index (χ2n) is 4.28. The maximum absolute atomic E-state index is 5.43. The molecule has 0 rings (SSSR count). The molecule has 2 nitrogen and oxygen atoms in total. The molecule has 0 spiro atoms. The normalized spacial score (nSPS) is 15.2. The number of hydrogen-bond donors (Lipinski definition) is 1. The Morgan fingerprint density at radius 2 is 1.83 bits per heavy atom. The fourth-order valence-electron chi connectivity index (χ4n) is 1.36. The van der Waals surface area contributed by atoms with E-state index in [0.717, 1.165) is 6.42 Å². The van der Waals surface area contributed by atoms with Gasteiger partial charge in [-0.3, -0.25) is 0 Å². The molecule has 0 saturated heterocycles. The summed E-state index contributed by atoms with van der Waals surface area (Å²) in [5, 5.41) is 3.30. The monoisotopic (exact) mass is 173 g/mol. The van der Waals surface area contributed by atoms with Crippen LogP contribution in [0, 0.1) is 5.92 Å². The molecule has 0 saturated carbocycles. The van der Waals surface area contributed by atoms with E-state index in [4.69, 9.17) is 4.74 Å². The van der Waals surface area contributed by atoms with Crippen LogP contribution in [-0.2, 0) is 4.74 Å². The van der Waals surface area contributed by atoms with Crippen LogP contribution in [0.4, 0.5) is 0 Å². The van der Waals surface area contributed by atoms with Gasteiger partial charge < -0.3 is 10.1 Å². The first-order valence-electron chi connectivity index (χ1n) is 4.66. The Morgan fingerprint density at radius 1 is 1.33 bits per heavy atom. The smallest absolute Gasteiger partial charge is 0.0775 e. The van der Waals surface area contributed by atoms with Crippen molar-refractivity contribution in [2.75, 3.05) is 14.2 Å². The predicted octanol–water partition coefficient (Wildman–Crippen LogP) is 2.05. The Morgan fingerprint density at radius 3 is 2.08 bits per heavy atom. The molecule has 0 aromatic heterocycles. The van der Waals surface area contributed by atoms with Gasteiger partial charge in [-0.25, -0.2) is 0 Å². The molecule has 0 radical (unpaired) electrons. The minimum absolute atomic E-state index is 0.0704. The van der Waals surface area contributed by atoms with Crippen molar-refractivity contribution in [2.45, 2.75) is 45.8 Å². The van der Waals surface area contributed by atoms with E-state index in [-0.39, 0.29) is 5.60 Å². The summed E-state index contributed by atoms with van der Waals surface area (Å²) in [6.45, 7) is 8.71. The van der Waals surface area contributed by atoms with Crippen molar-refractivity contribution in [2.24, 2.45) is 5.92 Å². The Balaban J connectivity index is 4.13. The summed E-state index contributed by atoms with van der Waals surface area (Å²) in [7, 11) is 3.76. The molecular formula is C10H23NO. The standard InChI is InChI=1S/C10H23NO/c1-8(2)7-9(11-5)10(3,4)12-6/h8-9,11H,7H2,1-6H3. The summed E-state index contributed by atoms with van der Waals surface area (Å²) in [4.78, 5) is 0. The molecule has 0 amide bonds. The van der Waals surface area contributed by atoms with Crippen molar-refractivity contribution in [1.29, 1.82) is 0 Å². The van der Waals surface area contributed by atoms with Crippen LogP contribution in [0.15, 0.2) is 0 Å². The molecule has 0 fully saturated rings. The molecule has 2 heteroatoms. The van der Waals surface area contributed by atoms with Crippen LogP contribution < -0.4 is 5.32 Å². The molecule has 12 heavy (non-hydrogen) atoms. The van der Waals surface area contributed by atoms with E-state index >= 15 is 0 Å². The van der Waals surface area contributed by atoms with Crippen molar-refractivity contribution < 1.29 is 4.74 Å². The maximum Gasteiger partial charge on any atom is 0.0775 e. The molecule has 0 bridgehead atoms. The van der Waals surface area contributed by atoms with Crippen molar-refractivity contribution in [3.8, 4) is 0 Å². The first-order valence-corrected chi connectivity index (χ1v) is 4.66. The summed E-state index contributed by atoms with van der Waals surface area (Å²) in [5.74, 6) is 0.705. The molecule has 0 aromatic carbocycles. The van der Waals surface area contributed by atoms with Crippen molar-refractivity contribution in [3.63, 3.8) is 0 Å². The average Bonchev–Trinajstić information content (AvgIpc) is 1.99. The van der Waals surface area contributed by atoms with Crippen molar-refractivity contribution in [3.05, 3.63) is 0 Å². The summed E-state index contributed by atoms with van der Waals surface area (Å²) in [6, 6.07) is 0.433. The third-order valence-corrected chi connectivity index (χ3v) is 2.42. The number of methoxy groups -OCH3 is 1. The van der Waals surface area contributed by atoms with Gasteiger partial charge in [-0.05, 0) is 33.2 Å². The highest BCUT2D eigenvalue weighted by molar-refractivity contribution is 4.84. The quantitative estimate of drug-likeness (QED) is 0.687. The van der Waals surface area contributed by atoms with Crippen LogP contribution in [-0.4, -0.2) is 25.8 Å². The van der Waals surface area contributed by atoms with Crippen molar-refractivity contribution >= 4 is 0 Å². The summed E-state index contributed by atoms with van der Waals surface area (Å²) in [6.07, 6.45) is 1.15. The topological polar surface area (TPSA) is 21.3 Å². The largest absolute Gasteiger partial charge is 0.377 e. The van der Waals surface area contributed by atoms with E-state index in [9.17, 15) is 0 Å². The number of nitrogens with one attached hydrogen (secondary N) is 1. The SMILES string of the molecule is CNC(CC(C)C)C(C)(C)OC. The number of hydrogen-bond acceptors (Lipinski definition) is 2. The van der Waals surface area contributed by atoms with Gasteiger partial charge in [0.1, 0.15) is 0 Å². The van der Waals surface area contributed by atoms with Gasteiger partial charge in [-0.1, -0.05) is 13.8 Å². The van der Waals surface area contributed by atoms with E-state index in [2.05, 4.69) is 33.0 Å². The van der Waals surface area contributed by atoms with Crippen molar-refractivity contribution in [1.82, 2.24) is 5.32 Å². The van der Waals surface area contributed by atoms with Crippen LogP contribution in [0.2, 0.25) is 0 Å². The maximum atomic E-state index is 5.43. The first-order chi connectivity index (χ1) is 5.44. The molecule has 0 aliphatic carbocycles. The van der Waals surface area contributed by atoms with Gasteiger partial charge in [0.25, 0.3) is 0 Å². The first kappa shape index (κ1) is 11.9. The van der Waals surface area contributed by atoms with Gasteiger partial charge >= 0.3 is 0 Å². The molecule has 1 atom stereocenters. The van der Waals surface area contributed by atoms with Crippen LogP contribution >= 0.6 is 0 Å². The highest BCUT2D eigenvalue weighted by Gasteiger charge is 2.28. The lowest BCUT2D eigenvalue weighted by Gasteiger charge is -2.34. The zero-order chi connectivity index (χ0) is 9.78. The lowest BCUT2D eigenvalue weighted by Crippen LogP contribution is -2.47. The van der Waals surface area contributed by atoms with Crippen LogP contribution in [0.25, 0.3) is 0 Å². The van der Waals surface area contributed by atoms with Gasteiger partial charge in [0.05, 0.1) is 5.60 Å². The lowest BCUT2D eigenvalue weighted by atomic mass is 9.91. The van der Waals surface area contributed by atoms with E-state index in [1.165, 1.54) is 0 Å². The second-order valence-corrected chi connectivity index (χ2v) is 4.28. The Kier molecular flexibility index (Phi) is 4.80. The van der Waals surface area contributed by atoms with Crippen LogP contribution in [0.5, 0.6) is 0 Å². The highest BCUT2D eigenvalue weighted by Crippen LogP contribution is 2.19. The minimum atomic E-state index is -0.0704. The third-order valence-electron chi connectivity index (χ3n) is 2.42.